The van der Waals surface area contributed by atoms with Crippen molar-refractivity contribution in [1.29, 1.82) is 0 Å². The molecule has 1 N–H and O–H groups in total. The number of sulfonamides is 1. The molecule has 0 radical (unpaired) electrons. The summed E-state index contributed by atoms with van der Waals surface area (Å²) >= 11 is 0. The van der Waals surface area contributed by atoms with Crippen LogP contribution >= 0.6 is 0 Å². The smallest absolute Gasteiger partial charge is 0.214 e. The summed E-state index contributed by atoms with van der Waals surface area (Å²) in [6, 6.07) is 0.421. The van der Waals surface area contributed by atoms with E-state index < -0.39 is 10.0 Å². The van der Waals surface area contributed by atoms with Crippen molar-refractivity contribution in [2.75, 3.05) is 25.4 Å². The standard InChI is InChI=1S/C13H28N2O2S/c1-11(2)13-6-8-15(10-13)18(16,17)9-5-7-14-12(3)4/h11-14H,5-10H2,1-4H3. The number of nitrogens with zero attached hydrogens (tertiary/aromatic N) is 1. The third-order valence-corrected chi connectivity index (χ3v) is 5.58. The van der Waals surface area contributed by atoms with E-state index >= 15 is 0 Å². The molecular formula is C13H28N2O2S. The van der Waals surface area contributed by atoms with Crippen molar-refractivity contribution < 1.29 is 8.42 Å². The highest BCUT2D eigenvalue weighted by molar-refractivity contribution is 7.89. The van der Waals surface area contributed by atoms with Crippen LogP contribution in [0.25, 0.3) is 0 Å². The van der Waals surface area contributed by atoms with E-state index in [1.54, 1.807) is 4.31 Å². The van der Waals surface area contributed by atoms with E-state index in [4.69, 9.17) is 0 Å². The maximum Gasteiger partial charge on any atom is 0.214 e. The van der Waals surface area contributed by atoms with Gasteiger partial charge in [0.05, 0.1) is 5.75 Å². The van der Waals surface area contributed by atoms with Gasteiger partial charge in [0.25, 0.3) is 0 Å². The number of rotatable bonds is 7. The molecule has 1 heterocycles. The Balaban J connectivity index is 2.36. The van der Waals surface area contributed by atoms with Crippen LogP contribution in [0.4, 0.5) is 0 Å². The molecule has 0 saturated carbocycles. The Morgan fingerprint density at radius 2 is 1.94 bits per heavy atom. The summed E-state index contributed by atoms with van der Waals surface area (Å²) in [6.45, 7) is 10.7. The molecule has 0 aromatic carbocycles. The Morgan fingerprint density at radius 1 is 1.28 bits per heavy atom. The Hall–Kier alpha value is -0.130. The first kappa shape index (κ1) is 15.9. The first-order valence-corrected chi connectivity index (χ1v) is 8.65. The molecule has 108 valence electrons. The molecule has 0 spiro atoms. The maximum absolute atomic E-state index is 12.1. The van der Waals surface area contributed by atoms with Gasteiger partial charge < -0.3 is 5.32 Å². The topological polar surface area (TPSA) is 49.4 Å². The van der Waals surface area contributed by atoms with Crippen LogP contribution in [0.2, 0.25) is 0 Å². The fourth-order valence-electron chi connectivity index (χ4n) is 2.33. The summed E-state index contributed by atoms with van der Waals surface area (Å²) in [5.41, 5.74) is 0. The lowest BCUT2D eigenvalue weighted by molar-refractivity contribution is 0.388. The molecule has 5 heteroatoms. The predicted octanol–water partition coefficient (Wildman–Crippen LogP) is 1.68. The Kier molecular flexibility index (Phi) is 6.08. The summed E-state index contributed by atoms with van der Waals surface area (Å²) in [5, 5.41) is 3.25. The van der Waals surface area contributed by atoms with E-state index in [1.807, 2.05) is 0 Å². The quantitative estimate of drug-likeness (QED) is 0.720. The molecule has 1 fully saturated rings. The second-order valence-corrected chi connectivity index (χ2v) is 8.02. The van der Waals surface area contributed by atoms with Crippen molar-refractivity contribution in [2.24, 2.45) is 11.8 Å². The van der Waals surface area contributed by atoms with E-state index in [-0.39, 0.29) is 5.75 Å². The average molecular weight is 276 g/mol. The molecule has 0 bridgehead atoms. The van der Waals surface area contributed by atoms with Crippen LogP contribution in [0.5, 0.6) is 0 Å². The van der Waals surface area contributed by atoms with E-state index in [9.17, 15) is 8.42 Å². The fraction of sp³-hybridized carbons (Fsp3) is 1.00. The second kappa shape index (κ2) is 6.87. The van der Waals surface area contributed by atoms with Crippen molar-refractivity contribution in [2.45, 2.75) is 46.6 Å². The van der Waals surface area contributed by atoms with Gasteiger partial charge in [0.15, 0.2) is 0 Å². The first-order chi connectivity index (χ1) is 8.33. The molecule has 0 aromatic rings. The van der Waals surface area contributed by atoms with Crippen LogP contribution in [0.15, 0.2) is 0 Å². The average Bonchev–Trinajstić information content (AvgIpc) is 2.74. The SMILES string of the molecule is CC(C)NCCCS(=O)(=O)N1CCC(C(C)C)C1. The zero-order valence-electron chi connectivity index (χ0n) is 12.1. The lowest BCUT2D eigenvalue weighted by Crippen LogP contribution is -2.33. The summed E-state index contributed by atoms with van der Waals surface area (Å²) in [4.78, 5) is 0. The largest absolute Gasteiger partial charge is 0.314 e. The van der Waals surface area contributed by atoms with Gasteiger partial charge in [-0.1, -0.05) is 27.7 Å². The highest BCUT2D eigenvalue weighted by Gasteiger charge is 2.32. The lowest BCUT2D eigenvalue weighted by atomic mass is 9.96. The van der Waals surface area contributed by atoms with Gasteiger partial charge in [-0.05, 0) is 31.2 Å². The highest BCUT2D eigenvalue weighted by atomic mass is 32.2. The summed E-state index contributed by atoms with van der Waals surface area (Å²) in [7, 11) is -3.03. The van der Waals surface area contributed by atoms with E-state index in [2.05, 4.69) is 33.0 Å². The maximum atomic E-state index is 12.1. The number of hydrogen-bond acceptors (Lipinski definition) is 3. The fourth-order valence-corrected chi connectivity index (χ4v) is 3.89. The molecule has 0 aliphatic carbocycles. The zero-order chi connectivity index (χ0) is 13.8. The van der Waals surface area contributed by atoms with Gasteiger partial charge in [0.1, 0.15) is 0 Å². The lowest BCUT2D eigenvalue weighted by Gasteiger charge is -2.18. The Morgan fingerprint density at radius 3 is 2.44 bits per heavy atom. The summed E-state index contributed by atoms with van der Waals surface area (Å²) < 4.78 is 26.0. The molecule has 4 nitrogen and oxygen atoms in total. The van der Waals surface area contributed by atoms with Gasteiger partial charge in [-0.25, -0.2) is 12.7 Å². The van der Waals surface area contributed by atoms with Crippen molar-refractivity contribution in [3.8, 4) is 0 Å². The van der Waals surface area contributed by atoms with Gasteiger partial charge in [-0.2, -0.15) is 0 Å². The van der Waals surface area contributed by atoms with Crippen LogP contribution < -0.4 is 5.32 Å². The Labute approximate surface area is 112 Å². The second-order valence-electron chi connectivity index (χ2n) is 5.93. The molecule has 18 heavy (non-hydrogen) atoms. The van der Waals surface area contributed by atoms with Crippen LogP contribution in [0.1, 0.15) is 40.5 Å². The number of nitrogens with one attached hydrogen (secondary N) is 1. The van der Waals surface area contributed by atoms with Gasteiger partial charge in [0, 0.05) is 19.1 Å². The first-order valence-electron chi connectivity index (χ1n) is 7.04. The van der Waals surface area contributed by atoms with Crippen LogP contribution in [0.3, 0.4) is 0 Å². The molecule has 1 unspecified atom stereocenters. The summed E-state index contributed by atoms with van der Waals surface area (Å²) in [6.07, 6.45) is 1.71. The molecule has 1 atom stereocenters. The van der Waals surface area contributed by atoms with Crippen LogP contribution in [0, 0.1) is 11.8 Å². The zero-order valence-corrected chi connectivity index (χ0v) is 13.0. The third kappa shape index (κ3) is 4.86. The van der Waals surface area contributed by atoms with Crippen molar-refractivity contribution >= 4 is 10.0 Å². The van der Waals surface area contributed by atoms with E-state index in [0.717, 1.165) is 19.5 Å². The molecule has 0 amide bonds. The molecule has 1 rings (SSSR count). The van der Waals surface area contributed by atoms with Gasteiger partial charge in [-0.15, -0.1) is 0 Å². The van der Waals surface area contributed by atoms with Crippen molar-refractivity contribution in [3.63, 3.8) is 0 Å². The molecule has 1 aliphatic rings. The molecule has 0 aromatic heterocycles. The minimum atomic E-state index is -3.03. The van der Waals surface area contributed by atoms with Crippen LogP contribution in [-0.4, -0.2) is 44.2 Å². The Bertz CT molecular complexity index is 339. The normalized spacial score (nSPS) is 22.2. The van der Waals surface area contributed by atoms with Crippen molar-refractivity contribution in [3.05, 3.63) is 0 Å². The number of hydrogen-bond donors (Lipinski definition) is 1. The molecular weight excluding hydrogens is 248 g/mol. The predicted molar refractivity (Wildman–Crippen MR) is 76.1 cm³/mol. The van der Waals surface area contributed by atoms with E-state index in [1.165, 1.54) is 0 Å². The van der Waals surface area contributed by atoms with Crippen molar-refractivity contribution in [1.82, 2.24) is 9.62 Å². The van der Waals surface area contributed by atoms with Gasteiger partial charge in [-0.3, -0.25) is 0 Å². The van der Waals surface area contributed by atoms with Gasteiger partial charge in [0.2, 0.25) is 10.0 Å². The highest BCUT2D eigenvalue weighted by Crippen LogP contribution is 2.25. The molecule has 1 aliphatic heterocycles. The third-order valence-electron chi connectivity index (χ3n) is 3.66. The monoisotopic (exact) mass is 276 g/mol. The summed E-state index contributed by atoms with van der Waals surface area (Å²) in [5.74, 6) is 1.39. The van der Waals surface area contributed by atoms with E-state index in [0.29, 0.717) is 30.8 Å². The van der Waals surface area contributed by atoms with Crippen LogP contribution in [-0.2, 0) is 10.0 Å². The minimum absolute atomic E-state index is 0.275. The minimum Gasteiger partial charge on any atom is -0.314 e. The van der Waals surface area contributed by atoms with Gasteiger partial charge >= 0.3 is 0 Å². The molecule has 1 saturated heterocycles.